The van der Waals surface area contributed by atoms with E-state index in [9.17, 15) is 0 Å². The summed E-state index contributed by atoms with van der Waals surface area (Å²) in [5.41, 5.74) is 1.02. The van der Waals surface area contributed by atoms with E-state index < -0.39 is 0 Å². The summed E-state index contributed by atoms with van der Waals surface area (Å²) in [4.78, 5) is 9.40. The van der Waals surface area contributed by atoms with E-state index in [1.165, 1.54) is 4.88 Å². The second kappa shape index (κ2) is 5.00. The second-order valence-corrected chi connectivity index (χ2v) is 4.30. The maximum Gasteiger partial charge on any atom is 0.115 e. The Labute approximate surface area is 93.2 Å². The fourth-order valence-corrected chi connectivity index (χ4v) is 2.08. The van der Waals surface area contributed by atoms with Crippen molar-refractivity contribution in [3.8, 4) is 0 Å². The van der Waals surface area contributed by atoms with E-state index in [1.54, 1.807) is 23.9 Å². The van der Waals surface area contributed by atoms with Crippen LogP contribution in [-0.4, -0.2) is 9.97 Å². The molecule has 1 N–H and O–H groups in total. The molecule has 0 aliphatic carbocycles. The van der Waals surface area contributed by atoms with Gasteiger partial charge in [-0.1, -0.05) is 6.07 Å². The van der Waals surface area contributed by atoms with Crippen LogP contribution < -0.4 is 5.32 Å². The number of hydrogen-bond donors (Lipinski definition) is 1. The average Bonchev–Trinajstić information content (AvgIpc) is 2.81. The van der Waals surface area contributed by atoms with Crippen LogP contribution >= 0.6 is 11.3 Å². The Bertz CT molecular complexity index is 385. The van der Waals surface area contributed by atoms with Crippen molar-refractivity contribution in [1.29, 1.82) is 0 Å². The first-order valence-corrected chi connectivity index (χ1v) is 5.76. The van der Waals surface area contributed by atoms with Gasteiger partial charge in [0.05, 0.1) is 5.69 Å². The molecule has 2 rings (SSSR count). The molecule has 0 aromatic carbocycles. The molecular weight excluding hydrogens is 206 g/mol. The van der Waals surface area contributed by atoms with E-state index >= 15 is 0 Å². The average molecular weight is 219 g/mol. The van der Waals surface area contributed by atoms with Crippen LogP contribution in [0.1, 0.15) is 23.5 Å². The zero-order chi connectivity index (χ0) is 10.5. The predicted molar refractivity (Wildman–Crippen MR) is 61.6 cm³/mol. The van der Waals surface area contributed by atoms with Crippen molar-refractivity contribution in [1.82, 2.24) is 15.3 Å². The lowest BCUT2D eigenvalue weighted by Gasteiger charge is -2.11. The largest absolute Gasteiger partial charge is 0.304 e. The predicted octanol–water partition coefficient (Wildman–Crippen LogP) is 2.39. The Morgan fingerprint density at radius 3 is 3.07 bits per heavy atom. The van der Waals surface area contributed by atoms with Crippen molar-refractivity contribution in [2.75, 3.05) is 0 Å². The van der Waals surface area contributed by atoms with Crippen LogP contribution in [-0.2, 0) is 6.54 Å². The summed E-state index contributed by atoms with van der Waals surface area (Å²) >= 11 is 1.77. The highest BCUT2D eigenvalue weighted by molar-refractivity contribution is 7.10. The van der Waals surface area contributed by atoms with Crippen molar-refractivity contribution in [3.05, 3.63) is 46.7 Å². The maximum atomic E-state index is 4.16. The molecule has 3 nitrogen and oxygen atoms in total. The molecule has 2 aromatic rings. The van der Waals surface area contributed by atoms with Crippen molar-refractivity contribution >= 4 is 11.3 Å². The van der Waals surface area contributed by atoms with E-state index in [2.05, 4.69) is 39.7 Å². The molecule has 0 aliphatic rings. The quantitative estimate of drug-likeness (QED) is 0.858. The third-order valence-electron chi connectivity index (χ3n) is 2.20. The normalized spacial score (nSPS) is 12.6. The van der Waals surface area contributed by atoms with Gasteiger partial charge in [0.2, 0.25) is 0 Å². The minimum Gasteiger partial charge on any atom is -0.304 e. The van der Waals surface area contributed by atoms with Gasteiger partial charge in [0.1, 0.15) is 6.33 Å². The smallest absolute Gasteiger partial charge is 0.115 e. The van der Waals surface area contributed by atoms with E-state index in [1.807, 2.05) is 6.07 Å². The van der Waals surface area contributed by atoms with Crippen LogP contribution in [0.15, 0.2) is 36.1 Å². The minimum atomic E-state index is 0.375. The van der Waals surface area contributed by atoms with Crippen LogP contribution in [0.2, 0.25) is 0 Å². The van der Waals surface area contributed by atoms with Crippen LogP contribution in [0.25, 0.3) is 0 Å². The van der Waals surface area contributed by atoms with Crippen molar-refractivity contribution in [3.63, 3.8) is 0 Å². The summed E-state index contributed by atoms with van der Waals surface area (Å²) in [6, 6.07) is 6.51. The fraction of sp³-hybridized carbons (Fsp3) is 0.273. The van der Waals surface area contributed by atoms with Gasteiger partial charge < -0.3 is 5.32 Å². The Morgan fingerprint density at radius 2 is 2.40 bits per heavy atom. The summed E-state index contributed by atoms with van der Waals surface area (Å²) < 4.78 is 0. The number of thiophene rings is 1. The third kappa shape index (κ3) is 2.84. The topological polar surface area (TPSA) is 37.8 Å². The lowest BCUT2D eigenvalue weighted by atomic mass is 10.2. The van der Waals surface area contributed by atoms with Gasteiger partial charge in [-0.3, -0.25) is 0 Å². The number of rotatable bonds is 4. The second-order valence-electron chi connectivity index (χ2n) is 3.32. The first-order valence-electron chi connectivity index (χ1n) is 4.88. The highest BCUT2D eigenvalue weighted by atomic mass is 32.1. The summed E-state index contributed by atoms with van der Waals surface area (Å²) in [5, 5.41) is 5.52. The van der Waals surface area contributed by atoms with Crippen LogP contribution in [0, 0.1) is 0 Å². The van der Waals surface area contributed by atoms with Gasteiger partial charge in [0.25, 0.3) is 0 Å². The first-order chi connectivity index (χ1) is 7.36. The zero-order valence-electron chi connectivity index (χ0n) is 8.55. The van der Waals surface area contributed by atoms with Crippen molar-refractivity contribution in [2.45, 2.75) is 19.5 Å². The molecule has 0 saturated heterocycles. The third-order valence-corrected chi connectivity index (χ3v) is 3.26. The molecule has 0 unspecified atom stereocenters. The first kappa shape index (κ1) is 10.3. The number of aromatic nitrogens is 2. The molecule has 2 heterocycles. The number of nitrogens with zero attached hydrogens (tertiary/aromatic N) is 2. The summed E-state index contributed by atoms with van der Waals surface area (Å²) in [7, 11) is 0. The van der Waals surface area contributed by atoms with E-state index in [4.69, 9.17) is 0 Å². The minimum absolute atomic E-state index is 0.375. The molecule has 1 atom stereocenters. The Kier molecular flexibility index (Phi) is 3.42. The lowest BCUT2D eigenvalue weighted by Crippen LogP contribution is -2.17. The Balaban J connectivity index is 1.89. The van der Waals surface area contributed by atoms with Gasteiger partial charge in [-0.2, -0.15) is 0 Å². The van der Waals surface area contributed by atoms with Crippen LogP contribution in [0.4, 0.5) is 0 Å². The van der Waals surface area contributed by atoms with Gasteiger partial charge >= 0.3 is 0 Å². The lowest BCUT2D eigenvalue weighted by molar-refractivity contribution is 0.575. The number of hydrogen-bond acceptors (Lipinski definition) is 4. The molecule has 0 fully saturated rings. The summed E-state index contributed by atoms with van der Waals surface area (Å²) in [6.45, 7) is 2.94. The fourth-order valence-electron chi connectivity index (χ4n) is 1.32. The molecule has 2 aromatic heterocycles. The van der Waals surface area contributed by atoms with Gasteiger partial charge in [-0.15, -0.1) is 11.3 Å². The van der Waals surface area contributed by atoms with Gasteiger partial charge in [0.15, 0.2) is 0 Å². The highest BCUT2D eigenvalue weighted by Crippen LogP contribution is 2.18. The molecule has 78 valence electrons. The standard InChI is InChI=1S/C11H13N3S/c1-9(11-3-2-6-15-11)13-7-10-4-5-12-8-14-10/h2-6,8-9,13H,7H2,1H3/t9-/m0/s1. The summed E-state index contributed by atoms with van der Waals surface area (Å²) in [6.07, 6.45) is 3.34. The molecule has 4 heteroatoms. The van der Waals surface area contributed by atoms with Gasteiger partial charge in [-0.05, 0) is 24.4 Å². The Morgan fingerprint density at radius 1 is 1.47 bits per heavy atom. The molecule has 0 radical (unpaired) electrons. The van der Waals surface area contributed by atoms with Crippen LogP contribution in [0.5, 0.6) is 0 Å². The van der Waals surface area contributed by atoms with Gasteiger partial charge in [-0.25, -0.2) is 9.97 Å². The Hall–Kier alpha value is -1.26. The van der Waals surface area contributed by atoms with Crippen molar-refractivity contribution < 1.29 is 0 Å². The molecule has 0 bridgehead atoms. The molecule has 0 aliphatic heterocycles. The highest BCUT2D eigenvalue weighted by Gasteiger charge is 2.05. The molecular formula is C11H13N3S. The van der Waals surface area contributed by atoms with E-state index in [-0.39, 0.29) is 0 Å². The van der Waals surface area contributed by atoms with Gasteiger partial charge in [0, 0.05) is 23.7 Å². The SMILES string of the molecule is C[C@H](NCc1ccncn1)c1cccs1. The zero-order valence-corrected chi connectivity index (χ0v) is 9.37. The summed E-state index contributed by atoms with van der Waals surface area (Å²) in [5.74, 6) is 0. The monoisotopic (exact) mass is 219 g/mol. The molecule has 0 saturated carbocycles. The van der Waals surface area contributed by atoms with Crippen LogP contribution in [0.3, 0.4) is 0 Å². The molecule has 0 amide bonds. The molecule has 15 heavy (non-hydrogen) atoms. The van der Waals surface area contributed by atoms with Crippen molar-refractivity contribution in [2.24, 2.45) is 0 Å². The van der Waals surface area contributed by atoms with E-state index in [0.717, 1.165) is 12.2 Å². The van der Waals surface area contributed by atoms with E-state index in [0.29, 0.717) is 6.04 Å². The maximum absolute atomic E-state index is 4.16. The molecule has 0 spiro atoms. The number of nitrogens with one attached hydrogen (secondary N) is 1.